The normalized spacial score (nSPS) is 21.0. The van der Waals surface area contributed by atoms with Crippen LogP contribution in [0.15, 0.2) is 72.8 Å². The summed E-state index contributed by atoms with van der Waals surface area (Å²) in [5, 5.41) is 0. The molecule has 3 aromatic carbocycles. The van der Waals surface area contributed by atoms with Crippen molar-refractivity contribution in [3.05, 3.63) is 89.5 Å². The molecule has 0 N–H and O–H groups in total. The Morgan fingerprint density at radius 3 is 2.39 bits per heavy atom. The van der Waals surface area contributed by atoms with Gasteiger partial charge in [-0.05, 0) is 42.8 Å². The lowest BCUT2D eigenvalue weighted by atomic mass is 10.0. The average molecular weight is 463 g/mol. The lowest BCUT2D eigenvalue weighted by Crippen LogP contribution is -2.54. The van der Waals surface area contributed by atoms with Crippen LogP contribution in [0.25, 0.3) is 0 Å². The average Bonchev–Trinajstić information content (AvgIpc) is 3.17. The van der Waals surface area contributed by atoms with Crippen LogP contribution in [0, 0.1) is 6.92 Å². The molecule has 2 heterocycles. The van der Waals surface area contributed by atoms with Gasteiger partial charge in [-0.15, -0.1) is 0 Å². The zero-order valence-electron chi connectivity index (χ0n) is 18.2. The Bertz CT molecular complexity index is 1380. The number of ether oxygens (including phenoxy) is 1. The fraction of sp³-hybridized carbons (Fsp3) is 0.200. The number of fused-ring (bicyclic) bond motifs is 2. The van der Waals surface area contributed by atoms with E-state index < -0.39 is 32.3 Å². The molecule has 3 aromatic rings. The summed E-state index contributed by atoms with van der Waals surface area (Å²) in [5.41, 5.74) is 3.01. The van der Waals surface area contributed by atoms with Crippen LogP contribution >= 0.6 is 0 Å². The van der Waals surface area contributed by atoms with E-state index in [0.29, 0.717) is 22.7 Å². The molecule has 1 spiro atoms. The third-order valence-electron chi connectivity index (χ3n) is 6.18. The summed E-state index contributed by atoms with van der Waals surface area (Å²) < 4.78 is 32.4. The molecule has 0 bridgehead atoms. The van der Waals surface area contributed by atoms with E-state index >= 15 is 0 Å². The highest BCUT2D eigenvalue weighted by atomic mass is 32.2. The number of methoxy groups -OCH3 is 1. The van der Waals surface area contributed by atoms with E-state index in [9.17, 15) is 18.0 Å². The zero-order chi connectivity index (χ0) is 23.4. The fourth-order valence-corrected chi connectivity index (χ4v) is 6.81. The van der Waals surface area contributed by atoms with E-state index in [1.165, 1.54) is 12.0 Å². The molecule has 0 aliphatic carbocycles. The van der Waals surface area contributed by atoms with Gasteiger partial charge in [0, 0.05) is 11.3 Å². The molecule has 1 unspecified atom stereocenters. The van der Waals surface area contributed by atoms with Gasteiger partial charge in [0.1, 0.15) is 11.5 Å². The second-order valence-corrected chi connectivity index (χ2v) is 10.3. The largest absolute Gasteiger partial charge is 0.497 e. The van der Waals surface area contributed by atoms with Crippen LogP contribution in [0.4, 0.5) is 11.4 Å². The first-order chi connectivity index (χ1) is 15.8. The van der Waals surface area contributed by atoms with Crippen LogP contribution in [0.3, 0.4) is 0 Å². The smallest absolute Gasteiger partial charge is 0.274 e. The van der Waals surface area contributed by atoms with Gasteiger partial charge in [0.15, 0.2) is 9.84 Å². The van der Waals surface area contributed by atoms with Crippen molar-refractivity contribution in [2.45, 2.75) is 18.3 Å². The van der Waals surface area contributed by atoms with E-state index in [4.69, 9.17) is 4.74 Å². The van der Waals surface area contributed by atoms with E-state index in [0.717, 1.165) is 16.0 Å². The second kappa shape index (κ2) is 7.45. The Balaban J connectivity index is 1.71. The van der Waals surface area contributed by atoms with Crippen molar-refractivity contribution in [2.75, 3.05) is 22.7 Å². The summed E-state index contributed by atoms with van der Waals surface area (Å²) in [4.78, 5) is 27.7. The first-order valence-corrected chi connectivity index (χ1v) is 12.1. The minimum absolute atomic E-state index is 0.194. The van der Waals surface area contributed by atoms with Crippen molar-refractivity contribution in [2.24, 2.45) is 0 Å². The van der Waals surface area contributed by atoms with Crippen molar-refractivity contribution in [1.29, 1.82) is 0 Å². The number of carbonyl (C=O) groups is 2. The van der Waals surface area contributed by atoms with Crippen LogP contribution in [-0.4, -0.2) is 33.1 Å². The SMILES string of the molecule is COc1ccc(N2C(=O)CS(=O)(=O)C23C(=O)N(Cc2cccc(C)c2)c2ccccc23)cc1. The van der Waals surface area contributed by atoms with Crippen LogP contribution in [-0.2, 0) is 30.8 Å². The fourth-order valence-electron chi connectivity index (χ4n) is 4.77. The summed E-state index contributed by atoms with van der Waals surface area (Å²) >= 11 is 0. The number of amides is 2. The molecule has 0 radical (unpaired) electrons. The molecular formula is C25H22N2O5S. The summed E-state index contributed by atoms with van der Waals surface area (Å²) in [7, 11) is -2.67. The molecule has 5 rings (SSSR count). The first kappa shape index (κ1) is 21.2. The number of hydrogen-bond acceptors (Lipinski definition) is 5. The second-order valence-electron chi connectivity index (χ2n) is 8.23. The monoisotopic (exact) mass is 462 g/mol. The molecule has 8 heteroatoms. The van der Waals surface area contributed by atoms with Crippen molar-refractivity contribution >= 4 is 33.0 Å². The molecule has 2 aliphatic heterocycles. The van der Waals surface area contributed by atoms with Crippen LogP contribution in [0.2, 0.25) is 0 Å². The highest BCUT2D eigenvalue weighted by Crippen LogP contribution is 2.52. The van der Waals surface area contributed by atoms with Crippen molar-refractivity contribution < 1.29 is 22.7 Å². The highest BCUT2D eigenvalue weighted by molar-refractivity contribution is 7.94. The zero-order valence-corrected chi connectivity index (χ0v) is 19.0. The molecule has 2 aliphatic rings. The lowest BCUT2D eigenvalue weighted by molar-refractivity contribution is -0.123. The molecule has 0 saturated carbocycles. The van der Waals surface area contributed by atoms with E-state index in [2.05, 4.69) is 0 Å². The van der Waals surface area contributed by atoms with Crippen LogP contribution in [0.5, 0.6) is 5.75 Å². The van der Waals surface area contributed by atoms with E-state index in [1.807, 2.05) is 31.2 Å². The molecule has 168 valence electrons. The quantitative estimate of drug-likeness (QED) is 0.595. The third kappa shape index (κ3) is 2.97. The van der Waals surface area contributed by atoms with Gasteiger partial charge in [-0.3, -0.25) is 14.5 Å². The number of aryl methyl sites for hydroxylation is 1. The number of benzene rings is 3. The maximum absolute atomic E-state index is 14.1. The number of para-hydroxylation sites is 1. The highest BCUT2D eigenvalue weighted by Gasteiger charge is 2.69. The maximum Gasteiger partial charge on any atom is 0.274 e. The van der Waals surface area contributed by atoms with Gasteiger partial charge in [-0.25, -0.2) is 8.42 Å². The third-order valence-corrected chi connectivity index (χ3v) is 8.28. The van der Waals surface area contributed by atoms with Crippen LogP contribution < -0.4 is 14.5 Å². The molecule has 1 fully saturated rings. The predicted octanol–water partition coefficient (Wildman–Crippen LogP) is 3.16. The molecule has 7 nitrogen and oxygen atoms in total. The Labute approximate surface area is 192 Å². The summed E-state index contributed by atoms with van der Waals surface area (Å²) in [6.07, 6.45) is 0. The standard InChI is InChI=1S/C25H22N2O5S/c1-17-6-5-7-18(14-17)15-26-22-9-4-3-8-21(22)25(24(26)29)27(23(28)16-33(25,30)31)19-10-12-20(32-2)13-11-19/h3-14H,15-16H2,1-2H3. The van der Waals surface area contributed by atoms with Crippen molar-refractivity contribution in [3.8, 4) is 5.75 Å². The van der Waals surface area contributed by atoms with Gasteiger partial charge in [0.05, 0.1) is 19.3 Å². The van der Waals surface area contributed by atoms with E-state index in [1.54, 1.807) is 48.5 Å². The summed E-state index contributed by atoms with van der Waals surface area (Å²) in [6, 6.07) is 21.0. The minimum Gasteiger partial charge on any atom is -0.497 e. The molecular weight excluding hydrogens is 440 g/mol. The molecule has 1 saturated heterocycles. The first-order valence-electron chi connectivity index (χ1n) is 10.5. The van der Waals surface area contributed by atoms with Gasteiger partial charge < -0.3 is 9.64 Å². The number of rotatable bonds is 4. The Kier molecular flexibility index (Phi) is 4.79. The summed E-state index contributed by atoms with van der Waals surface area (Å²) in [6.45, 7) is 2.15. The van der Waals surface area contributed by atoms with Gasteiger partial charge in [-0.2, -0.15) is 0 Å². The van der Waals surface area contributed by atoms with Crippen molar-refractivity contribution in [1.82, 2.24) is 0 Å². The Hall–Kier alpha value is -3.65. The van der Waals surface area contributed by atoms with Gasteiger partial charge in [0.25, 0.3) is 10.8 Å². The number of sulfone groups is 1. The maximum atomic E-state index is 14.1. The Morgan fingerprint density at radius 1 is 0.970 bits per heavy atom. The number of carbonyl (C=O) groups excluding carboxylic acids is 2. The molecule has 2 amide bonds. The van der Waals surface area contributed by atoms with Gasteiger partial charge >= 0.3 is 0 Å². The molecule has 0 aromatic heterocycles. The number of hydrogen-bond donors (Lipinski definition) is 0. The predicted molar refractivity (Wildman–Crippen MR) is 125 cm³/mol. The lowest BCUT2D eigenvalue weighted by Gasteiger charge is -2.32. The Morgan fingerprint density at radius 2 is 1.70 bits per heavy atom. The minimum atomic E-state index is -4.19. The summed E-state index contributed by atoms with van der Waals surface area (Å²) in [5.74, 6) is -1.47. The van der Waals surface area contributed by atoms with Crippen molar-refractivity contribution in [3.63, 3.8) is 0 Å². The molecule has 1 atom stereocenters. The van der Waals surface area contributed by atoms with Gasteiger partial charge in [0.2, 0.25) is 5.91 Å². The van der Waals surface area contributed by atoms with E-state index in [-0.39, 0.29) is 6.54 Å². The van der Waals surface area contributed by atoms with Crippen LogP contribution in [0.1, 0.15) is 16.7 Å². The molecule has 33 heavy (non-hydrogen) atoms. The topological polar surface area (TPSA) is 84.0 Å². The number of nitrogens with zero attached hydrogens (tertiary/aromatic N) is 2. The van der Waals surface area contributed by atoms with Gasteiger partial charge in [-0.1, -0.05) is 48.0 Å². The number of anilines is 2.